The van der Waals surface area contributed by atoms with Gasteiger partial charge in [0.1, 0.15) is 5.60 Å². The smallest absolute Gasteiger partial charge is 0.374 e. The van der Waals surface area contributed by atoms with Crippen molar-refractivity contribution in [3.8, 4) is 0 Å². The third-order valence-corrected chi connectivity index (χ3v) is 1.85. The average Bonchev–Trinajstić information content (AvgIpc) is 2.60. The number of hydrogen-bond acceptors (Lipinski definition) is 6. The summed E-state index contributed by atoms with van der Waals surface area (Å²) < 4.78 is 5.16. The Labute approximate surface area is 97.4 Å². The molecule has 0 spiro atoms. The monoisotopic (exact) mass is 234 g/mol. The van der Waals surface area contributed by atoms with Gasteiger partial charge in [-0.2, -0.15) is 0 Å². The van der Waals surface area contributed by atoms with E-state index in [1.165, 1.54) is 0 Å². The zero-order chi connectivity index (χ0) is 12.6. The van der Waals surface area contributed by atoms with E-state index >= 15 is 0 Å². The van der Waals surface area contributed by atoms with Gasteiger partial charge in [0.2, 0.25) is 12.2 Å². The second kappa shape index (κ2) is 3.69. The number of aromatic nitrogens is 4. The van der Waals surface area contributed by atoms with Crippen molar-refractivity contribution in [2.75, 3.05) is 5.73 Å². The predicted molar refractivity (Wildman–Crippen MR) is 60.1 cm³/mol. The molecule has 0 aliphatic carbocycles. The topological polar surface area (TPSA) is 107 Å². The largest absolute Gasteiger partial charge is 0.454 e. The molecule has 7 nitrogen and oxygen atoms in total. The molecule has 0 saturated carbocycles. The number of hydrogen-bond donors (Lipinski definition) is 2. The van der Waals surface area contributed by atoms with Crippen LogP contribution in [0.2, 0.25) is 0 Å². The molecule has 0 aromatic carbocycles. The predicted octanol–water partition coefficient (Wildman–Crippen LogP) is 0.691. The highest BCUT2D eigenvalue weighted by Gasteiger charge is 2.21. The number of rotatable bonds is 1. The molecule has 0 saturated heterocycles. The fourth-order valence-corrected chi connectivity index (χ4v) is 1.23. The van der Waals surface area contributed by atoms with Gasteiger partial charge in [0, 0.05) is 0 Å². The van der Waals surface area contributed by atoms with Crippen LogP contribution in [-0.2, 0) is 4.74 Å². The Morgan fingerprint density at radius 3 is 2.71 bits per heavy atom. The molecule has 0 aliphatic rings. The molecule has 0 fully saturated rings. The first-order chi connectivity index (χ1) is 7.87. The summed E-state index contributed by atoms with van der Waals surface area (Å²) in [6.07, 6.45) is 2.36. The van der Waals surface area contributed by atoms with Crippen molar-refractivity contribution < 1.29 is 9.53 Å². The Morgan fingerprint density at radius 1 is 1.41 bits per heavy atom. The first-order valence-corrected chi connectivity index (χ1v) is 4.99. The Morgan fingerprint density at radius 2 is 2.12 bits per heavy atom. The Balaban J connectivity index is 2.37. The van der Waals surface area contributed by atoms with Crippen LogP contribution in [0.3, 0.4) is 0 Å². The fraction of sp³-hybridized carbons (Fsp3) is 0.400. The third kappa shape index (κ3) is 2.32. The number of ether oxygens (including phenoxy) is 1. The lowest BCUT2D eigenvalue weighted by molar-refractivity contribution is 0.00572. The first kappa shape index (κ1) is 11.3. The number of carbonyl (C=O) groups is 1. The Kier molecular flexibility index (Phi) is 2.45. The van der Waals surface area contributed by atoms with E-state index in [1.807, 2.05) is 0 Å². The quantitative estimate of drug-likeness (QED) is 0.703. The molecule has 0 bridgehead atoms. The van der Waals surface area contributed by atoms with Gasteiger partial charge >= 0.3 is 5.97 Å². The van der Waals surface area contributed by atoms with Crippen LogP contribution >= 0.6 is 0 Å². The Hall–Kier alpha value is -2.18. The Bertz CT molecular complexity index is 570. The lowest BCUT2D eigenvalue weighted by Gasteiger charge is -2.18. The minimum atomic E-state index is -0.584. The van der Waals surface area contributed by atoms with E-state index in [9.17, 15) is 4.79 Å². The van der Waals surface area contributed by atoms with E-state index in [4.69, 9.17) is 10.5 Å². The van der Waals surface area contributed by atoms with Gasteiger partial charge < -0.3 is 15.5 Å². The van der Waals surface area contributed by atoms with E-state index in [2.05, 4.69) is 26.3 Å². The molecule has 0 atom stereocenters. The van der Waals surface area contributed by atoms with Crippen LogP contribution in [0.5, 0.6) is 0 Å². The van der Waals surface area contributed by atoms with E-state index in [-0.39, 0.29) is 11.6 Å². The van der Waals surface area contributed by atoms with E-state index in [0.29, 0.717) is 11.2 Å². The zero-order valence-electron chi connectivity index (χ0n) is 9.74. The van der Waals surface area contributed by atoms with Gasteiger partial charge in [-0.25, -0.2) is 19.7 Å². The number of aromatic amines is 1. The van der Waals surface area contributed by atoms with Gasteiger partial charge in [0.15, 0.2) is 17.0 Å². The maximum absolute atomic E-state index is 11.7. The second-order valence-corrected chi connectivity index (χ2v) is 4.49. The van der Waals surface area contributed by atoms with Crippen molar-refractivity contribution in [3.63, 3.8) is 0 Å². The van der Waals surface area contributed by atoms with Gasteiger partial charge in [-0.3, -0.25) is 0 Å². The molecule has 17 heavy (non-hydrogen) atoms. The summed E-state index contributed by atoms with van der Waals surface area (Å²) in [6.45, 7) is 5.32. The van der Waals surface area contributed by atoms with Crippen LogP contribution in [0.1, 0.15) is 31.4 Å². The third-order valence-electron chi connectivity index (χ3n) is 1.85. The summed E-state index contributed by atoms with van der Waals surface area (Å²) in [4.78, 5) is 25.9. The van der Waals surface area contributed by atoms with Crippen LogP contribution in [0, 0.1) is 6.33 Å². The normalized spacial score (nSPS) is 11.7. The summed E-state index contributed by atoms with van der Waals surface area (Å²) >= 11 is 0. The second-order valence-electron chi connectivity index (χ2n) is 4.49. The average molecular weight is 234 g/mol. The van der Waals surface area contributed by atoms with Gasteiger partial charge in [0.05, 0.1) is 0 Å². The summed E-state index contributed by atoms with van der Waals surface area (Å²) in [5, 5.41) is 0. The molecule has 2 aromatic rings. The number of anilines is 1. The van der Waals surface area contributed by atoms with Gasteiger partial charge in [-0.1, -0.05) is 0 Å². The van der Waals surface area contributed by atoms with Crippen LogP contribution in [0.15, 0.2) is 0 Å². The van der Waals surface area contributed by atoms with Crippen LogP contribution in [0.25, 0.3) is 11.2 Å². The van der Waals surface area contributed by atoms with Crippen molar-refractivity contribution in [2.45, 2.75) is 26.4 Å². The van der Waals surface area contributed by atoms with Gasteiger partial charge in [-0.05, 0) is 20.8 Å². The summed E-state index contributed by atoms with van der Waals surface area (Å²) in [5.41, 5.74) is 5.69. The van der Waals surface area contributed by atoms with Crippen LogP contribution in [0.4, 0.5) is 5.82 Å². The van der Waals surface area contributed by atoms with Crippen molar-refractivity contribution in [1.82, 2.24) is 19.9 Å². The zero-order valence-corrected chi connectivity index (χ0v) is 9.74. The first-order valence-electron chi connectivity index (χ1n) is 4.99. The lowest BCUT2D eigenvalue weighted by atomic mass is 10.2. The SMILES string of the molecule is CC(C)(C)OC(=O)c1nc2c(N)n[c]nc2[nH]1. The molecule has 89 valence electrons. The fourth-order valence-electron chi connectivity index (χ4n) is 1.23. The maximum atomic E-state index is 11.7. The number of nitrogens with two attached hydrogens (primary N) is 1. The van der Waals surface area contributed by atoms with E-state index in [0.717, 1.165) is 0 Å². The van der Waals surface area contributed by atoms with Crippen molar-refractivity contribution in [3.05, 3.63) is 12.2 Å². The molecule has 3 N–H and O–H groups in total. The van der Waals surface area contributed by atoms with E-state index < -0.39 is 11.6 Å². The molecule has 0 amide bonds. The van der Waals surface area contributed by atoms with Gasteiger partial charge in [0.25, 0.3) is 0 Å². The number of fused-ring (bicyclic) bond motifs is 1. The number of carbonyl (C=O) groups excluding carboxylic acids is 1. The number of nitrogens with one attached hydrogen (secondary N) is 1. The molecule has 1 radical (unpaired) electrons. The molecule has 0 aliphatic heterocycles. The van der Waals surface area contributed by atoms with Crippen LogP contribution in [-0.4, -0.2) is 31.5 Å². The number of H-pyrrole nitrogens is 1. The highest BCUT2D eigenvalue weighted by Crippen LogP contribution is 2.15. The molecule has 2 rings (SSSR count). The van der Waals surface area contributed by atoms with Crippen molar-refractivity contribution in [1.29, 1.82) is 0 Å². The molecular weight excluding hydrogens is 222 g/mol. The number of nitrogen functional groups attached to an aromatic ring is 1. The van der Waals surface area contributed by atoms with Crippen molar-refractivity contribution in [2.24, 2.45) is 0 Å². The molecule has 2 heterocycles. The summed E-state index contributed by atoms with van der Waals surface area (Å²) in [7, 11) is 0. The van der Waals surface area contributed by atoms with Gasteiger partial charge in [-0.15, -0.1) is 0 Å². The molecular formula is C10H12N5O2. The highest BCUT2D eigenvalue weighted by molar-refractivity contribution is 5.91. The molecule has 2 aromatic heterocycles. The highest BCUT2D eigenvalue weighted by atomic mass is 16.6. The minimum Gasteiger partial charge on any atom is -0.454 e. The summed E-state index contributed by atoms with van der Waals surface area (Å²) in [5.74, 6) is -0.341. The van der Waals surface area contributed by atoms with E-state index in [1.54, 1.807) is 20.8 Å². The number of esters is 1. The lowest BCUT2D eigenvalue weighted by Crippen LogP contribution is -2.24. The summed E-state index contributed by atoms with van der Waals surface area (Å²) in [6, 6.07) is 0. The maximum Gasteiger partial charge on any atom is 0.374 e. The number of imidazole rings is 1. The van der Waals surface area contributed by atoms with Crippen molar-refractivity contribution >= 4 is 23.0 Å². The minimum absolute atomic E-state index is 0.0514. The molecule has 7 heteroatoms. The number of nitrogens with zero attached hydrogens (tertiary/aromatic N) is 3. The van der Waals surface area contributed by atoms with Crippen LogP contribution < -0.4 is 5.73 Å². The molecule has 0 unspecified atom stereocenters. The standard InChI is InChI=1S/C10H12N5O2/c1-10(2,3)17-9(16)8-14-5-6(11)12-4-13-7(5)15-8/h1-3H3,(H3,11,12,13,14,15).